The van der Waals surface area contributed by atoms with Gasteiger partial charge in [0.2, 0.25) is 5.69 Å². The van der Waals surface area contributed by atoms with E-state index < -0.39 is 6.37 Å². The smallest absolute Gasteiger partial charge is 0.201 e. The summed E-state index contributed by atoms with van der Waals surface area (Å²) in [4.78, 5) is 0. The molecule has 0 N–H and O–H groups in total. The summed E-state index contributed by atoms with van der Waals surface area (Å²) >= 11 is 0. The van der Waals surface area contributed by atoms with E-state index in [0.29, 0.717) is 0 Å². The van der Waals surface area contributed by atoms with Crippen LogP contribution in [-0.4, -0.2) is 0 Å². The van der Waals surface area contributed by atoms with Crippen molar-refractivity contribution < 1.29 is 7.31 Å². The molecule has 1 heteroatoms. The zero-order chi connectivity index (χ0) is 16.9. The summed E-state index contributed by atoms with van der Waals surface area (Å²) in [6.45, 7) is 2.14. The third-order valence-corrected chi connectivity index (χ3v) is 5.52. The summed E-state index contributed by atoms with van der Waals surface area (Å²) in [5.41, 5.74) is 5.66. The molecule has 1 nitrogen and oxygen atoms in total. The third-order valence-electron chi connectivity index (χ3n) is 5.52. The molecule has 2 aromatic rings. The van der Waals surface area contributed by atoms with Crippen LogP contribution in [0.1, 0.15) is 51.5 Å². The Morgan fingerprint density at radius 1 is 1.09 bits per heavy atom. The molecule has 4 rings (SSSR count). The normalized spacial score (nSPS) is 23.0. The maximum atomic E-state index is 8.88. The van der Waals surface area contributed by atoms with E-state index >= 15 is 0 Å². The summed E-state index contributed by atoms with van der Waals surface area (Å²) < 4.78 is 19.9. The molecule has 114 valence electrons. The highest BCUT2D eigenvalue weighted by Gasteiger charge is 2.39. The molecule has 1 aromatic carbocycles. The Labute approximate surface area is 136 Å². The maximum Gasteiger partial charge on any atom is 0.212 e. The van der Waals surface area contributed by atoms with E-state index in [2.05, 4.69) is 48.0 Å². The minimum absolute atomic E-state index is 0.176. The monoisotopic (exact) mass is 294 g/mol. The van der Waals surface area contributed by atoms with Gasteiger partial charge in [-0.15, -0.1) is 0 Å². The first-order chi connectivity index (χ1) is 11.4. The lowest BCUT2D eigenvalue weighted by molar-refractivity contribution is -0.660. The summed E-state index contributed by atoms with van der Waals surface area (Å²) in [5.74, 6) is 0. The quantitative estimate of drug-likeness (QED) is 0.680. The van der Waals surface area contributed by atoms with Crippen molar-refractivity contribution in [2.24, 2.45) is 12.5 Å². The van der Waals surface area contributed by atoms with E-state index in [1.165, 1.54) is 41.6 Å². The maximum absolute atomic E-state index is 8.88. The Hall–Kier alpha value is -1.63. The van der Waals surface area contributed by atoms with Crippen LogP contribution in [-0.2, 0) is 19.8 Å². The molecule has 1 saturated carbocycles. The highest BCUT2D eigenvalue weighted by atomic mass is 14.9. The molecule has 1 spiro atoms. The average molecular weight is 294 g/mol. The van der Waals surface area contributed by atoms with Crippen molar-refractivity contribution in [3.63, 3.8) is 0 Å². The molecule has 1 fully saturated rings. The summed E-state index contributed by atoms with van der Waals surface area (Å²) in [5, 5.41) is 0. The van der Waals surface area contributed by atoms with Crippen molar-refractivity contribution >= 4 is 0 Å². The second-order valence-electron chi connectivity index (χ2n) is 7.17. The van der Waals surface area contributed by atoms with Gasteiger partial charge in [0.1, 0.15) is 7.05 Å². The first-order valence-electron chi connectivity index (χ1n) is 9.54. The van der Waals surface area contributed by atoms with Crippen LogP contribution in [0, 0.1) is 12.3 Å². The van der Waals surface area contributed by atoms with E-state index in [1.54, 1.807) is 0 Å². The SMILES string of the molecule is [2H]C1([2H])c2c[n+](C)c(-c3ccccc3C)cc2CC12CCCCC2. The van der Waals surface area contributed by atoms with Gasteiger partial charge in [-0.25, -0.2) is 4.57 Å². The van der Waals surface area contributed by atoms with Gasteiger partial charge in [0.15, 0.2) is 6.20 Å². The predicted octanol–water partition coefficient (Wildman–Crippen LogP) is 4.54. The van der Waals surface area contributed by atoms with E-state index in [0.717, 1.165) is 24.8 Å². The van der Waals surface area contributed by atoms with Gasteiger partial charge in [-0.3, -0.25) is 0 Å². The van der Waals surface area contributed by atoms with Gasteiger partial charge in [-0.05, 0) is 55.2 Å². The Bertz CT molecular complexity index is 788. The highest BCUT2D eigenvalue weighted by molar-refractivity contribution is 5.62. The zero-order valence-electron chi connectivity index (χ0n) is 15.7. The van der Waals surface area contributed by atoms with Crippen molar-refractivity contribution in [1.29, 1.82) is 0 Å². The van der Waals surface area contributed by atoms with Gasteiger partial charge >= 0.3 is 0 Å². The Balaban J connectivity index is 1.84. The molecule has 0 bridgehead atoms. The van der Waals surface area contributed by atoms with Gasteiger partial charge in [-0.1, -0.05) is 37.5 Å². The molecule has 2 aliphatic rings. The molecule has 1 aromatic heterocycles. The van der Waals surface area contributed by atoms with Gasteiger partial charge in [0, 0.05) is 19.9 Å². The Morgan fingerprint density at radius 3 is 2.64 bits per heavy atom. The van der Waals surface area contributed by atoms with Crippen molar-refractivity contribution in [2.45, 2.75) is 51.8 Å². The van der Waals surface area contributed by atoms with E-state index in [-0.39, 0.29) is 5.41 Å². The molecule has 22 heavy (non-hydrogen) atoms. The Morgan fingerprint density at radius 2 is 1.86 bits per heavy atom. The molecule has 0 amide bonds. The molecule has 2 aliphatic carbocycles. The minimum Gasteiger partial charge on any atom is -0.201 e. The number of hydrogen-bond donors (Lipinski definition) is 0. The summed E-state index contributed by atoms with van der Waals surface area (Å²) in [6.07, 6.45) is 7.40. The molecular weight excluding hydrogens is 266 g/mol. The standard InChI is InChI=1S/C21H26N/c1-16-8-4-5-9-19(16)20-12-17-13-21(10-6-3-7-11-21)14-18(17)15-22(20)2/h4-5,8-9,12,15H,3,6-7,10-11,13-14H2,1-2H3/q+1/i14D2. The van der Waals surface area contributed by atoms with E-state index in [1.807, 2.05) is 7.05 Å². The van der Waals surface area contributed by atoms with Crippen molar-refractivity contribution in [3.8, 4) is 11.3 Å². The molecule has 0 radical (unpaired) electrons. The van der Waals surface area contributed by atoms with Crippen molar-refractivity contribution in [2.75, 3.05) is 0 Å². The van der Waals surface area contributed by atoms with E-state index in [4.69, 9.17) is 2.74 Å². The number of hydrogen-bond acceptors (Lipinski definition) is 0. The number of fused-ring (bicyclic) bond motifs is 1. The number of rotatable bonds is 1. The molecule has 0 atom stereocenters. The van der Waals surface area contributed by atoms with Crippen LogP contribution in [0.2, 0.25) is 0 Å². The minimum atomic E-state index is -1.20. The largest absolute Gasteiger partial charge is 0.212 e. The van der Waals surface area contributed by atoms with Crippen LogP contribution in [0.15, 0.2) is 36.5 Å². The van der Waals surface area contributed by atoms with Crippen LogP contribution in [0.4, 0.5) is 0 Å². The van der Waals surface area contributed by atoms with Gasteiger partial charge in [0.25, 0.3) is 0 Å². The molecule has 1 heterocycles. The van der Waals surface area contributed by atoms with Crippen LogP contribution in [0.25, 0.3) is 11.3 Å². The predicted molar refractivity (Wildman–Crippen MR) is 90.7 cm³/mol. The molecule has 0 saturated heterocycles. The Kier molecular flexibility index (Phi) is 2.82. The fraction of sp³-hybridized carbons (Fsp3) is 0.476. The number of benzene rings is 1. The third kappa shape index (κ3) is 2.27. The zero-order valence-corrected chi connectivity index (χ0v) is 13.7. The average Bonchev–Trinajstić information content (AvgIpc) is 2.76. The first kappa shape index (κ1) is 11.9. The fourth-order valence-corrected chi connectivity index (χ4v) is 4.30. The molecule has 0 unspecified atom stereocenters. The van der Waals surface area contributed by atoms with Gasteiger partial charge in [0.05, 0.1) is 0 Å². The van der Waals surface area contributed by atoms with Crippen LogP contribution >= 0.6 is 0 Å². The van der Waals surface area contributed by atoms with Crippen LogP contribution < -0.4 is 4.57 Å². The topological polar surface area (TPSA) is 3.88 Å². The lowest BCUT2D eigenvalue weighted by atomic mass is 9.72. The number of pyridine rings is 1. The first-order valence-corrected chi connectivity index (χ1v) is 8.54. The van der Waals surface area contributed by atoms with Crippen LogP contribution in [0.3, 0.4) is 0 Å². The number of aromatic nitrogens is 1. The van der Waals surface area contributed by atoms with Crippen LogP contribution in [0.5, 0.6) is 0 Å². The lowest BCUT2D eigenvalue weighted by Gasteiger charge is -2.32. The lowest BCUT2D eigenvalue weighted by Crippen LogP contribution is -2.31. The summed E-state index contributed by atoms with van der Waals surface area (Å²) in [6, 6.07) is 10.7. The number of aryl methyl sites for hydroxylation is 2. The second kappa shape index (κ2) is 5.22. The van der Waals surface area contributed by atoms with Crippen molar-refractivity contribution in [3.05, 3.63) is 53.2 Å². The number of nitrogens with zero attached hydrogens (tertiary/aromatic N) is 1. The van der Waals surface area contributed by atoms with Gasteiger partial charge in [-0.2, -0.15) is 0 Å². The van der Waals surface area contributed by atoms with Crippen molar-refractivity contribution in [1.82, 2.24) is 0 Å². The fourth-order valence-electron chi connectivity index (χ4n) is 4.30. The molecular formula is C21H26N+. The van der Waals surface area contributed by atoms with E-state index in [9.17, 15) is 0 Å². The molecule has 0 aliphatic heterocycles. The second-order valence-corrected chi connectivity index (χ2v) is 7.17. The highest BCUT2D eigenvalue weighted by Crippen LogP contribution is 2.47. The summed E-state index contributed by atoms with van der Waals surface area (Å²) in [7, 11) is 2.05. The van der Waals surface area contributed by atoms with Gasteiger partial charge < -0.3 is 0 Å².